The SMILES string of the molecule is CC(C)(CF)N(N)C(=O)O. The van der Waals surface area contributed by atoms with Crippen LogP contribution < -0.4 is 5.84 Å². The summed E-state index contributed by atoms with van der Waals surface area (Å²) in [4.78, 5) is 10.1. The summed E-state index contributed by atoms with van der Waals surface area (Å²) in [5.41, 5.74) is -1.13. The van der Waals surface area contributed by atoms with Crippen molar-refractivity contribution in [2.24, 2.45) is 5.84 Å². The number of hydrazine groups is 1. The molecular formula is C5H11FN2O2. The summed E-state index contributed by atoms with van der Waals surface area (Å²) < 4.78 is 12.0. The molecule has 0 aliphatic carbocycles. The number of amides is 1. The highest BCUT2D eigenvalue weighted by Gasteiger charge is 2.28. The molecule has 0 unspecified atom stereocenters. The molecular weight excluding hydrogens is 139 g/mol. The highest BCUT2D eigenvalue weighted by Crippen LogP contribution is 2.09. The van der Waals surface area contributed by atoms with Crippen molar-refractivity contribution in [1.82, 2.24) is 5.01 Å². The average molecular weight is 150 g/mol. The molecule has 0 atom stereocenters. The Morgan fingerprint density at radius 2 is 2.20 bits per heavy atom. The normalized spacial score (nSPS) is 11.2. The van der Waals surface area contributed by atoms with E-state index in [2.05, 4.69) is 0 Å². The van der Waals surface area contributed by atoms with Gasteiger partial charge in [-0.2, -0.15) is 0 Å². The maximum atomic E-state index is 12.0. The first-order chi connectivity index (χ1) is 4.41. The second kappa shape index (κ2) is 2.83. The Kier molecular flexibility index (Phi) is 2.59. The molecule has 0 radical (unpaired) electrons. The third kappa shape index (κ3) is 1.84. The number of carbonyl (C=O) groups is 1. The minimum absolute atomic E-state index is 0.451. The lowest BCUT2D eigenvalue weighted by Crippen LogP contribution is -2.53. The maximum absolute atomic E-state index is 12.0. The fourth-order valence-electron chi connectivity index (χ4n) is 0.323. The van der Waals surface area contributed by atoms with Gasteiger partial charge in [-0.25, -0.2) is 20.0 Å². The summed E-state index contributed by atoms with van der Waals surface area (Å²) in [5, 5.41) is 8.73. The lowest BCUT2D eigenvalue weighted by molar-refractivity contribution is 0.0777. The van der Waals surface area contributed by atoms with Gasteiger partial charge in [-0.05, 0) is 13.8 Å². The van der Waals surface area contributed by atoms with Gasteiger partial charge in [0, 0.05) is 0 Å². The van der Waals surface area contributed by atoms with E-state index in [4.69, 9.17) is 10.9 Å². The van der Waals surface area contributed by atoms with Crippen LogP contribution >= 0.6 is 0 Å². The largest absolute Gasteiger partial charge is 0.464 e. The molecule has 10 heavy (non-hydrogen) atoms. The molecule has 0 aromatic heterocycles. The van der Waals surface area contributed by atoms with Crippen LogP contribution in [0.15, 0.2) is 0 Å². The van der Waals surface area contributed by atoms with E-state index in [9.17, 15) is 9.18 Å². The van der Waals surface area contributed by atoms with Crippen molar-refractivity contribution in [3.05, 3.63) is 0 Å². The zero-order valence-electron chi connectivity index (χ0n) is 5.97. The van der Waals surface area contributed by atoms with Crippen molar-refractivity contribution in [2.75, 3.05) is 6.67 Å². The summed E-state index contributed by atoms with van der Waals surface area (Å²) in [7, 11) is 0. The number of carboxylic acid groups (broad SMARTS) is 1. The van der Waals surface area contributed by atoms with Gasteiger partial charge < -0.3 is 5.11 Å². The van der Waals surface area contributed by atoms with Crippen molar-refractivity contribution < 1.29 is 14.3 Å². The third-order valence-corrected chi connectivity index (χ3v) is 1.19. The summed E-state index contributed by atoms with van der Waals surface area (Å²) in [6.45, 7) is 2.01. The number of halogens is 1. The van der Waals surface area contributed by atoms with Gasteiger partial charge in [0.15, 0.2) is 0 Å². The van der Waals surface area contributed by atoms with Crippen LogP contribution in [0.25, 0.3) is 0 Å². The molecule has 0 saturated carbocycles. The van der Waals surface area contributed by atoms with E-state index >= 15 is 0 Å². The first-order valence-electron chi connectivity index (χ1n) is 2.75. The molecule has 0 rings (SSSR count). The van der Waals surface area contributed by atoms with E-state index in [0.717, 1.165) is 0 Å². The Balaban J connectivity index is 4.17. The molecule has 0 saturated heterocycles. The number of nitrogens with two attached hydrogens (primary N) is 1. The molecule has 0 aliphatic heterocycles. The molecule has 0 aromatic carbocycles. The predicted octanol–water partition coefficient (Wildman–Crippen LogP) is 0.588. The summed E-state index contributed by atoms with van der Waals surface area (Å²) in [6.07, 6.45) is -1.33. The highest BCUT2D eigenvalue weighted by molar-refractivity contribution is 5.65. The van der Waals surface area contributed by atoms with E-state index in [1.54, 1.807) is 0 Å². The van der Waals surface area contributed by atoms with E-state index in [0.29, 0.717) is 5.01 Å². The van der Waals surface area contributed by atoms with Gasteiger partial charge in [-0.15, -0.1) is 0 Å². The number of rotatable bonds is 2. The van der Waals surface area contributed by atoms with Crippen LogP contribution in [0.3, 0.4) is 0 Å². The van der Waals surface area contributed by atoms with Crippen LogP contribution in [0.2, 0.25) is 0 Å². The molecule has 0 aliphatic rings. The van der Waals surface area contributed by atoms with Gasteiger partial charge in [-0.1, -0.05) is 0 Å². The zero-order valence-corrected chi connectivity index (χ0v) is 5.97. The predicted molar refractivity (Wildman–Crippen MR) is 34.1 cm³/mol. The second-order valence-corrected chi connectivity index (χ2v) is 2.60. The van der Waals surface area contributed by atoms with Crippen molar-refractivity contribution in [1.29, 1.82) is 0 Å². The Morgan fingerprint density at radius 1 is 1.80 bits per heavy atom. The van der Waals surface area contributed by atoms with Gasteiger partial charge in [-0.3, -0.25) is 0 Å². The first-order valence-corrected chi connectivity index (χ1v) is 2.75. The molecule has 0 spiro atoms. The van der Waals surface area contributed by atoms with Gasteiger partial charge in [0.25, 0.3) is 0 Å². The van der Waals surface area contributed by atoms with Crippen LogP contribution in [-0.4, -0.2) is 28.4 Å². The fourth-order valence-corrected chi connectivity index (χ4v) is 0.323. The summed E-state index contributed by atoms with van der Waals surface area (Å²) in [6, 6.07) is 0. The van der Waals surface area contributed by atoms with Crippen molar-refractivity contribution in [3.63, 3.8) is 0 Å². The standard InChI is InChI=1S/C5H11FN2O2/c1-5(2,3-6)8(7)4(9)10/h3,7H2,1-2H3,(H,9,10). The lowest BCUT2D eigenvalue weighted by atomic mass is 10.1. The molecule has 0 aromatic rings. The Bertz CT molecular complexity index is 138. The topological polar surface area (TPSA) is 66.6 Å². The number of alkyl halides is 1. The molecule has 5 heteroatoms. The molecule has 0 bridgehead atoms. The molecule has 1 amide bonds. The summed E-state index contributed by atoms with van der Waals surface area (Å²) >= 11 is 0. The molecule has 4 nitrogen and oxygen atoms in total. The van der Waals surface area contributed by atoms with Gasteiger partial charge in [0.05, 0.1) is 5.54 Å². The third-order valence-electron chi connectivity index (χ3n) is 1.19. The minimum atomic E-state index is -1.33. The Morgan fingerprint density at radius 3 is 2.30 bits per heavy atom. The fraction of sp³-hybridized carbons (Fsp3) is 0.800. The summed E-state index contributed by atoms with van der Waals surface area (Å²) in [5.74, 6) is 5.00. The lowest BCUT2D eigenvalue weighted by Gasteiger charge is -2.29. The van der Waals surface area contributed by atoms with Crippen LogP contribution in [0, 0.1) is 0 Å². The minimum Gasteiger partial charge on any atom is -0.464 e. The maximum Gasteiger partial charge on any atom is 0.422 e. The van der Waals surface area contributed by atoms with E-state index in [-0.39, 0.29) is 0 Å². The van der Waals surface area contributed by atoms with Crippen LogP contribution in [-0.2, 0) is 0 Å². The Labute approximate surface area is 58.4 Å². The zero-order chi connectivity index (χ0) is 8.36. The quantitative estimate of drug-likeness (QED) is 0.344. The van der Waals surface area contributed by atoms with E-state index in [1.165, 1.54) is 13.8 Å². The number of nitrogens with zero attached hydrogens (tertiary/aromatic N) is 1. The van der Waals surface area contributed by atoms with Crippen molar-refractivity contribution in [2.45, 2.75) is 19.4 Å². The monoisotopic (exact) mass is 150 g/mol. The average Bonchev–Trinajstić information content (AvgIpc) is 1.86. The first kappa shape index (κ1) is 9.16. The molecule has 0 fully saturated rings. The van der Waals surface area contributed by atoms with Crippen LogP contribution in [0.1, 0.15) is 13.8 Å². The number of hydrogen-bond donors (Lipinski definition) is 2. The second-order valence-electron chi connectivity index (χ2n) is 2.60. The van der Waals surface area contributed by atoms with Crippen molar-refractivity contribution >= 4 is 6.09 Å². The van der Waals surface area contributed by atoms with Gasteiger partial charge >= 0.3 is 6.09 Å². The molecule has 3 N–H and O–H groups in total. The Hall–Kier alpha value is -0.840. The highest BCUT2D eigenvalue weighted by atomic mass is 19.1. The smallest absolute Gasteiger partial charge is 0.422 e. The van der Waals surface area contributed by atoms with E-state index in [1.807, 2.05) is 0 Å². The van der Waals surface area contributed by atoms with Gasteiger partial charge in [0.1, 0.15) is 6.67 Å². The van der Waals surface area contributed by atoms with Crippen molar-refractivity contribution in [3.8, 4) is 0 Å². The number of hydrogen-bond acceptors (Lipinski definition) is 2. The van der Waals surface area contributed by atoms with Gasteiger partial charge in [0.2, 0.25) is 0 Å². The molecule has 60 valence electrons. The molecule has 0 heterocycles. The van der Waals surface area contributed by atoms with Crippen LogP contribution in [0.4, 0.5) is 9.18 Å². The van der Waals surface area contributed by atoms with Crippen LogP contribution in [0.5, 0.6) is 0 Å². The van der Waals surface area contributed by atoms with E-state index < -0.39 is 18.3 Å².